The lowest BCUT2D eigenvalue weighted by Gasteiger charge is -2.30. The fourth-order valence-corrected chi connectivity index (χ4v) is 7.57. The second-order valence-corrected chi connectivity index (χ2v) is 12.4. The fraction of sp³-hybridized carbons (Fsp3) is 0.519. The Balaban J connectivity index is 1.71. The number of hydrogen-bond donors (Lipinski definition) is 4. The third kappa shape index (κ3) is 5.70. The van der Waals surface area contributed by atoms with Crippen molar-refractivity contribution >= 4 is 27.7 Å². The number of benzene rings is 1. The molecule has 4 rings (SSSR count). The van der Waals surface area contributed by atoms with Crippen molar-refractivity contribution in [2.75, 3.05) is 11.9 Å². The highest BCUT2D eigenvalue weighted by Gasteiger charge is 2.41. The lowest BCUT2D eigenvalue weighted by Crippen LogP contribution is -2.44. The number of aromatic nitrogens is 1. The molecule has 38 heavy (non-hydrogen) atoms. The van der Waals surface area contributed by atoms with E-state index in [1.807, 2.05) is 13.0 Å². The molecule has 2 aliphatic rings. The van der Waals surface area contributed by atoms with E-state index in [1.54, 1.807) is 17.6 Å². The Hall–Kier alpha value is -2.60. The molecular weight excluding hydrogens is 516 g/mol. The molecule has 2 heterocycles. The summed E-state index contributed by atoms with van der Waals surface area (Å²) in [5.74, 6) is -2.94. The quantitative estimate of drug-likeness (QED) is 0.396. The van der Waals surface area contributed by atoms with E-state index in [1.165, 1.54) is 13.0 Å². The number of nitrogens with zero attached hydrogens (tertiary/aromatic N) is 1. The Morgan fingerprint density at radius 1 is 1.24 bits per heavy atom. The summed E-state index contributed by atoms with van der Waals surface area (Å²) in [6.45, 7) is 5.03. The van der Waals surface area contributed by atoms with Crippen LogP contribution in [0, 0.1) is 30.4 Å². The number of aliphatic hydroxyl groups excluding tert-OH is 1. The fourth-order valence-electron chi connectivity index (χ4n) is 5.71. The summed E-state index contributed by atoms with van der Waals surface area (Å²) in [6, 6.07) is 2.56. The van der Waals surface area contributed by atoms with Crippen molar-refractivity contribution in [3.63, 3.8) is 0 Å². The van der Waals surface area contributed by atoms with Gasteiger partial charge in [-0.3, -0.25) is 4.79 Å². The van der Waals surface area contributed by atoms with Crippen LogP contribution in [0.5, 0.6) is 0 Å². The van der Waals surface area contributed by atoms with Crippen molar-refractivity contribution in [1.29, 1.82) is 0 Å². The molecule has 1 aliphatic carbocycles. The normalized spacial score (nSPS) is 23.1. The largest absolute Gasteiger partial charge is 0.393 e. The van der Waals surface area contributed by atoms with E-state index < -0.39 is 45.8 Å². The number of rotatable bonds is 8. The highest BCUT2D eigenvalue weighted by molar-refractivity contribution is 7.89. The monoisotopic (exact) mass is 551 g/mol. The maximum atomic E-state index is 13.9. The van der Waals surface area contributed by atoms with Gasteiger partial charge in [0.05, 0.1) is 17.9 Å². The molecule has 0 spiro atoms. The molecule has 0 bridgehead atoms. The van der Waals surface area contributed by atoms with E-state index in [2.05, 4.69) is 10.0 Å². The summed E-state index contributed by atoms with van der Waals surface area (Å²) in [5, 5.41) is 22.5. The number of nitrogens with one attached hydrogen (secondary N) is 2. The predicted molar refractivity (Wildman–Crippen MR) is 140 cm³/mol. The Labute approximate surface area is 221 Å². The molecule has 1 fully saturated rings. The van der Waals surface area contributed by atoms with Crippen molar-refractivity contribution in [3.8, 4) is 0 Å². The standard InChI is InChI=1S/C27H35F2N3O5S/c1-16-8-9-18(14-27(3,35)15-33)23(16)31-38(36,37)25-17(2)24(32-12-6-4-5-7-22(25)32)26(34)30-19-10-11-20(28)21(29)13-19/h5,7,10-11,13,16,18,23,31,33,35H,4,6,8-9,12,14-15H2,1-3H3,(H,30,34). The third-order valence-corrected chi connectivity index (χ3v) is 9.26. The van der Waals surface area contributed by atoms with E-state index in [0.717, 1.165) is 18.6 Å². The van der Waals surface area contributed by atoms with E-state index in [-0.39, 0.29) is 40.1 Å². The highest BCUT2D eigenvalue weighted by Crippen LogP contribution is 2.38. The summed E-state index contributed by atoms with van der Waals surface area (Å²) >= 11 is 0. The van der Waals surface area contributed by atoms with Crippen molar-refractivity contribution < 1.29 is 32.2 Å². The van der Waals surface area contributed by atoms with Gasteiger partial charge < -0.3 is 20.1 Å². The number of amides is 1. The smallest absolute Gasteiger partial charge is 0.272 e. The number of anilines is 1. The minimum Gasteiger partial charge on any atom is -0.393 e. The number of carbonyl (C=O) groups excluding carboxylic acids is 1. The molecule has 4 atom stereocenters. The molecule has 2 aromatic rings. The molecule has 1 saturated carbocycles. The van der Waals surface area contributed by atoms with Gasteiger partial charge in [0.15, 0.2) is 11.6 Å². The first-order valence-electron chi connectivity index (χ1n) is 12.9. The summed E-state index contributed by atoms with van der Waals surface area (Å²) in [6.07, 6.45) is 6.69. The van der Waals surface area contributed by atoms with Gasteiger partial charge in [0, 0.05) is 29.9 Å². The number of carbonyl (C=O) groups is 1. The Morgan fingerprint density at radius 2 is 1.97 bits per heavy atom. The molecule has 0 saturated heterocycles. The molecule has 0 radical (unpaired) electrons. The van der Waals surface area contributed by atoms with Crippen LogP contribution in [0.1, 0.15) is 67.7 Å². The zero-order valence-electron chi connectivity index (χ0n) is 21.8. The second kappa shape index (κ2) is 10.9. The zero-order valence-corrected chi connectivity index (χ0v) is 22.6. The van der Waals surface area contributed by atoms with Gasteiger partial charge in [0.2, 0.25) is 10.0 Å². The van der Waals surface area contributed by atoms with Gasteiger partial charge in [-0.15, -0.1) is 0 Å². The van der Waals surface area contributed by atoms with Crippen molar-refractivity contribution in [2.45, 2.75) is 76.0 Å². The molecule has 11 heteroatoms. The molecule has 1 aliphatic heterocycles. The molecule has 208 valence electrons. The topological polar surface area (TPSA) is 121 Å². The molecule has 1 amide bonds. The van der Waals surface area contributed by atoms with Gasteiger partial charge in [0.25, 0.3) is 5.91 Å². The van der Waals surface area contributed by atoms with Gasteiger partial charge in [-0.05, 0) is 76.0 Å². The molecule has 1 aromatic heterocycles. The second-order valence-electron chi connectivity index (χ2n) is 10.8. The molecular formula is C27H35F2N3O5S. The first kappa shape index (κ1) is 28.4. The van der Waals surface area contributed by atoms with Crippen molar-refractivity contribution in [1.82, 2.24) is 9.29 Å². The lowest BCUT2D eigenvalue weighted by molar-refractivity contribution is -0.0194. The van der Waals surface area contributed by atoms with Gasteiger partial charge >= 0.3 is 0 Å². The van der Waals surface area contributed by atoms with Gasteiger partial charge in [-0.25, -0.2) is 21.9 Å². The van der Waals surface area contributed by atoms with Gasteiger partial charge in [0.1, 0.15) is 10.6 Å². The summed E-state index contributed by atoms with van der Waals surface area (Å²) in [5.41, 5.74) is -0.503. The number of hydrogen-bond acceptors (Lipinski definition) is 5. The maximum Gasteiger partial charge on any atom is 0.272 e. The van der Waals surface area contributed by atoms with Gasteiger partial charge in [-0.1, -0.05) is 13.0 Å². The Morgan fingerprint density at radius 3 is 2.66 bits per heavy atom. The van der Waals surface area contributed by atoms with Crippen molar-refractivity contribution in [2.24, 2.45) is 11.8 Å². The van der Waals surface area contributed by atoms with E-state index in [4.69, 9.17) is 0 Å². The first-order valence-corrected chi connectivity index (χ1v) is 14.3. The SMILES string of the molecule is Cc1c(S(=O)(=O)NC2C(C)CCC2CC(C)(O)CO)c2n(c1C(=O)Nc1ccc(F)c(F)c1)CCCC=C2. The summed E-state index contributed by atoms with van der Waals surface area (Å²) in [4.78, 5) is 13.4. The summed E-state index contributed by atoms with van der Waals surface area (Å²) in [7, 11) is -4.11. The van der Waals surface area contributed by atoms with E-state index in [9.17, 15) is 32.2 Å². The average molecular weight is 552 g/mol. The predicted octanol–water partition coefficient (Wildman–Crippen LogP) is 3.96. The first-order chi connectivity index (χ1) is 17.8. The minimum absolute atomic E-state index is 0.00199. The number of aliphatic hydroxyl groups is 2. The van der Waals surface area contributed by atoms with Gasteiger partial charge in [-0.2, -0.15) is 0 Å². The van der Waals surface area contributed by atoms with Crippen LogP contribution in [-0.2, 0) is 16.6 Å². The Bertz CT molecular complexity index is 1350. The van der Waals surface area contributed by atoms with Crippen LogP contribution in [0.4, 0.5) is 14.5 Å². The molecule has 1 aromatic carbocycles. The molecule has 4 N–H and O–H groups in total. The van der Waals surface area contributed by atoms with Crippen LogP contribution >= 0.6 is 0 Å². The van der Waals surface area contributed by atoms with Crippen molar-refractivity contribution in [3.05, 3.63) is 52.9 Å². The maximum absolute atomic E-state index is 13.9. The number of halogens is 2. The zero-order chi connectivity index (χ0) is 27.8. The van der Waals surface area contributed by atoms with Crippen LogP contribution < -0.4 is 10.0 Å². The van der Waals surface area contributed by atoms with Crippen LogP contribution in [0.2, 0.25) is 0 Å². The highest BCUT2D eigenvalue weighted by atomic mass is 32.2. The number of fused-ring (bicyclic) bond motifs is 1. The number of allylic oxidation sites excluding steroid dienone is 1. The van der Waals surface area contributed by atoms with E-state index in [0.29, 0.717) is 31.5 Å². The van der Waals surface area contributed by atoms with Crippen LogP contribution in [-0.4, -0.2) is 47.4 Å². The Kier molecular flexibility index (Phi) is 8.13. The molecule has 4 unspecified atom stereocenters. The van der Waals surface area contributed by atoms with Crippen LogP contribution in [0.25, 0.3) is 6.08 Å². The lowest BCUT2D eigenvalue weighted by atomic mass is 9.88. The average Bonchev–Trinajstić information content (AvgIpc) is 3.20. The molecule has 8 nitrogen and oxygen atoms in total. The number of sulfonamides is 1. The third-order valence-electron chi connectivity index (χ3n) is 7.63. The van der Waals surface area contributed by atoms with Crippen LogP contribution in [0.3, 0.4) is 0 Å². The summed E-state index contributed by atoms with van der Waals surface area (Å²) < 4.78 is 59.4. The van der Waals surface area contributed by atoms with Crippen LogP contribution in [0.15, 0.2) is 29.2 Å². The van der Waals surface area contributed by atoms with E-state index >= 15 is 0 Å². The minimum atomic E-state index is -4.11.